The lowest BCUT2D eigenvalue weighted by Gasteiger charge is -2.25. The molecule has 1 saturated heterocycles. The first-order valence-corrected chi connectivity index (χ1v) is 5.34. The van der Waals surface area contributed by atoms with Crippen molar-refractivity contribution in [2.24, 2.45) is 5.73 Å². The van der Waals surface area contributed by atoms with Crippen LogP contribution < -0.4 is 11.1 Å². The van der Waals surface area contributed by atoms with E-state index in [-0.39, 0.29) is 0 Å². The molecule has 3 N–H and O–H groups in total. The van der Waals surface area contributed by atoms with Gasteiger partial charge in [-0.15, -0.1) is 0 Å². The first kappa shape index (κ1) is 9.68. The van der Waals surface area contributed by atoms with E-state index < -0.39 is 0 Å². The second-order valence-electron chi connectivity index (χ2n) is 3.79. The molecule has 0 amide bonds. The number of aromatic nitrogens is 2. The summed E-state index contributed by atoms with van der Waals surface area (Å²) in [6.45, 7) is 2.89. The minimum absolute atomic E-state index is 0.577. The Kier molecular flexibility index (Phi) is 3.16. The minimum Gasteiger partial charge on any atom is -0.331 e. The van der Waals surface area contributed by atoms with Crippen molar-refractivity contribution in [3.05, 3.63) is 18.2 Å². The molecule has 1 aliphatic rings. The summed E-state index contributed by atoms with van der Waals surface area (Å²) in [5.41, 5.74) is 5.55. The van der Waals surface area contributed by atoms with Crippen LogP contribution in [0.4, 0.5) is 0 Å². The van der Waals surface area contributed by atoms with Crippen LogP contribution in [-0.4, -0.2) is 29.2 Å². The molecular formula is C10H18N4. The van der Waals surface area contributed by atoms with Crippen molar-refractivity contribution >= 4 is 0 Å². The van der Waals surface area contributed by atoms with Crippen LogP contribution in [0.15, 0.2) is 12.4 Å². The van der Waals surface area contributed by atoms with Crippen LogP contribution >= 0.6 is 0 Å². The third-order valence-electron chi connectivity index (χ3n) is 2.78. The molecule has 0 aliphatic carbocycles. The highest BCUT2D eigenvalue weighted by Gasteiger charge is 2.16. The van der Waals surface area contributed by atoms with Gasteiger partial charge < -0.3 is 15.6 Å². The van der Waals surface area contributed by atoms with E-state index in [1.165, 1.54) is 12.8 Å². The second-order valence-corrected chi connectivity index (χ2v) is 3.79. The number of nitrogens with zero attached hydrogens (tertiary/aromatic N) is 2. The van der Waals surface area contributed by atoms with Crippen LogP contribution in [0.5, 0.6) is 0 Å². The molecule has 4 heteroatoms. The number of rotatable bonds is 3. The van der Waals surface area contributed by atoms with Gasteiger partial charge in [-0.1, -0.05) is 0 Å². The smallest absolute Gasteiger partial charge is 0.110 e. The molecule has 0 saturated carbocycles. The number of piperidine rings is 1. The summed E-state index contributed by atoms with van der Waals surface area (Å²) in [4.78, 5) is 4.34. The molecule has 14 heavy (non-hydrogen) atoms. The summed E-state index contributed by atoms with van der Waals surface area (Å²) in [5, 5.41) is 3.41. The second kappa shape index (κ2) is 4.57. The molecule has 2 heterocycles. The van der Waals surface area contributed by atoms with Crippen LogP contribution in [0.2, 0.25) is 0 Å². The Morgan fingerprint density at radius 2 is 2.57 bits per heavy atom. The lowest BCUT2D eigenvalue weighted by molar-refractivity contribution is 0.363. The fraction of sp³-hybridized carbons (Fsp3) is 0.700. The van der Waals surface area contributed by atoms with Gasteiger partial charge in [0.2, 0.25) is 0 Å². The number of hydrogen-bond acceptors (Lipinski definition) is 3. The Labute approximate surface area is 84.5 Å². The zero-order valence-corrected chi connectivity index (χ0v) is 8.45. The third-order valence-corrected chi connectivity index (χ3v) is 2.78. The monoisotopic (exact) mass is 194 g/mol. The number of hydrogen-bond donors (Lipinski definition) is 2. The van der Waals surface area contributed by atoms with Crippen LogP contribution in [0.1, 0.15) is 24.7 Å². The summed E-state index contributed by atoms with van der Waals surface area (Å²) in [5.74, 6) is 1.13. The highest BCUT2D eigenvalue weighted by Crippen LogP contribution is 2.18. The van der Waals surface area contributed by atoms with Crippen molar-refractivity contribution in [2.45, 2.75) is 25.3 Å². The van der Waals surface area contributed by atoms with Gasteiger partial charge in [0, 0.05) is 31.4 Å². The lowest BCUT2D eigenvalue weighted by Crippen LogP contribution is -2.32. The van der Waals surface area contributed by atoms with Crippen molar-refractivity contribution in [3.63, 3.8) is 0 Å². The highest BCUT2D eigenvalue weighted by molar-refractivity contribution is 4.97. The fourth-order valence-corrected chi connectivity index (χ4v) is 2.07. The van der Waals surface area contributed by atoms with Gasteiger partial charge in [0.1, 0.15) is 5.82 Å². The van der Waals surface area contributed by atoms with E-state index in [9.17, 15) is 0 Å². The van der Waals surface area contributed by atoms with E-state index >= 15 is 0 Å². The Hall–Kier alpha value is -0.870. The molecule has 78 valence electrons. The van der Waals surface area contributed by atoms with Gasteiger partial charge >= 0.3 is 0 Å². The topological polar surface area (TPSA) is 55.9 Å². The molecule has 1 aromatic rings. The zero-order valence-electron chi connectivity index (χ0n) is 8.45. The summed E-state index contributed by atoms with van der Waals surface area (Å²) in [6.07, 6.45) is 7.33. The predicted octanol–water partition coefficient (Wildman–Crippen LogP) is 0.309. The molecule has 4 nitrogen and oxygen atoms in total. The molecule has 1 atom stereocenters. The quantitative estimate of drug-likeness (QED) is 0.728. The van der Waals surface area contributed by atoms with Gasteiger partial charge in [0.05, 0.1) is 0 Å². The molecule has 1 aromatic heterocycles. The van der Waals surface area contributed by atoms with Gasteiger partial charge in [0.25, 0.3) is 0 Å². The predicted molar refractivity (Wildman–Crippen MR) is 56.1 cm³/mol. The number of nitrogens with one attached hydrogen (secondary N) is 1. The summed E-state index contributed by atoms with van der Waals surface area (Å²) >= 11 is 0. The van der Waals surface area contributed by atoms with E-state index in [0.717, 1.165) is 25.3 Å². The van der Waals surface area contributed by atoms with Crippen molar-refractivity contribution in [3.8, 4) is 0 Å². The molecule has 0 aromatic carbocycles. The maximum atomic E-state index is 5.55. The van der Waals surface area contributed by atoms with E-state index in [0.29, 0.717) is 12.6 Å². The highest BCUT2D eigenvalue weighted by atomic mass is 15.1. The maximum Gasteiger partial charge on any atom is 0.110 e. The Bertz CT molecular complexity index is 275. The zero-order chi connectivity index (χ0) is 9.80. The summed E-state index contributed by atoms with van der Waals surface area (Å²) in [6, 6.07) is 0.577. The maximum absolute atomic E-state index is 5.55. The van der Waals surface area contributed by atoms with Crippen LogP contribution in [-0.2, 0) is 6.42 Å². The summed E-state index contributed by atoms with van der Waals surface area (Å²) < 4.78 is 2.28. The van der Waals surface area contributed by atoms with Crippen molar-refractivity contribution < 1.29 is 0 Å². The van der Waals surface area contributed by atoms with E-state index in [1.807, 2.05) is 6.20 Å². The molecule has 0 bridgehead atoms. The molecule has 1 aliphatic heterocycles. The van der Waals surface area contributed by atoms with Gasteiger partial charge in [-0.3, -0.25) is 0 Å². The Morgan fingerprint density at radius 1 is 1.64 bits per heavy atom. The van der Waals surface area contributed by atoms with Crippen molar-refractivity contribution in [1.29, 1.82) is 0 Å². The molecular weight excluding hydrogens is 176 g/mol. The summed E-state index contributed by atoms with van der Waals surface area (Å²) in [7, 11) is 0. The average Bonchev–Trinajstić information content (AvgIpc) is 2.68. The van der Waals surface area contributed by atoms with Crippen LogP contribution in [0.3, 0.4) is 0 Å². The van der Waals surface area contributed by atoms with E-state index in [2.05, 4.69) is 21.1 Å². The fourth-order valence-electron chi connectivity index (χ4n) is 2.07. The van der Waals surface area contributed by atoms with E-state index in [1.54, 1.807) is 0 Å². The first-order chi connectivity index (χ1) is 6.92. The largest absolute Gasteiger partial charge is 0.331 e. The van der Waals surface area contributed by atoms with Gasteiger partial charge in [0.15, 0.2) is 0 Å². The lowest BCUT2D eigenvalue weighted by atomic mass is 10.1. The standard InChI is InChI=1S/C10H18N4/c11-4-3-10-13-6-7-14(10)9-2-1-5-12-8-9/h6-7,9,12H,1-5,8,11H2. The number of nitrogens with two attached hydrogens (primary N) is 1. The average molecular weight is 194 g/mol. The SMILES string of the molecule is NCCc1nccn1C1CCCNC1. The van der Waals surface area contributed by atoms with Crippen molar-refractivity contribution in [1.82, 2.24) is 14.9 Å². The van der Waals surface area contributed by atoms with Gasteiger partial charge in [-0.25, -0.2) is 4.98 Å². The Morgan fingerprint density at radius 3 is 3.29 bits per heavy atom. The van der Waals surface area contributed by atoms with Crippen LogP contribution in [0.25, 0.3) is 0 Å². The van der Waals surface area contributed by atoms with Crippen molar-refractivity contribution in [2.75, 3.05) is 19.6 Å². The van der Waals surface area contributed by atoms with E-state index in [4.69, 9.17) is 5.73 Å². The first-order valence-electron chi connectivity index (χ1n) is 5.34. The molecule has 0 spiro atoms. The minimum atomic E-state index is 0.577. The van der Waals surface area contributed by atoms with Crippen LogP contribution in [0, 0.1) is 0 Å². The van der Waals surface area contributed by atoms with Gasteiger partial charge in [-0.2, -0.15) is 0 Å². The Balaban J connectivity index is 2.09. The number of imidazole rings is 1. The van der Waals surface area contributed by atoms with Gasteiger partial charge in [-0.05, 0) is 25.9 Å². The molecule has 2 rings (SSSR count). The molecule has 1 fully saturated rings. The molecule has 1 unspecified atom stereocenters. The molecule has 0 radical (unpaired) electrons. The third kappa shape index (κ3) is 1.96. The normalized spacial score (nSPS) is 22.5.